The van der Waals surface area contributed by atoms with Gasteiger partial charge in [0.1, 0.15) is 17.1 Å². The van der Waals surface area contributed by atoms with Gasteiger partial charge in [0.25, 0.3) is 5.91 Å². The Morgan fingerprint density at radius 3 is 2.71 bits per heavy atom. The summed E-state index contributed by atoms with van der Waals surface area (Å²) < 4.78 is 16.7. The lowest BCUT2D eigenvalue weighted by Gasteiger charge is -2.08. The number of anilines is 1. The summed E-state index contributed by atoms with van der Waals surface area (Å²) in [4.78, 5) is 29.1. The number of benzene rings is 2. The molecule has 1 amide bonds. The smallest absolute Gasteiger partial charge is 0.339 e. The number of amides is 1. The molecule has 0 unspecified atom stereocenters. The van der Waals surface area contributed by atoms with Crippen LogP contribution in [0.1, 0.15) is 30.9 Å². The van der Waals surface area contributed by atoms with Crippen LogP contribution in [0.3, 0.4) is 0 Å². The molecule has 4 aromatic rings. The number of nitrogens with zero attached hydrogens (tertiary/aromatic N) is 1. The number of carbonyl (C=O) groups is 1. The van der Waals surface area contributed by atoms with E-state index in [4.69, 9.17) is 13.9 Å². The largest absolute Gasteiger partial charge is 0.494 e. The lowest BCUT2D eigenvalue weighted by molar-refractivity contribution is -0.118. The zero-order valence-electron chi connectivity index (χ0n) is 18.8. The minimum absolute atomic E-state index is 0.181. The SMILES string of the molecule is CCCOc1ccc(-c2csc(NC(=O)COc3ccc4c5c(c(=O)oc4c3)CCC5)n2)cc1. The van der Waals surface area contributed by atoms with Gasteiger partial charge in [0, 0.05) is 28.0 Å². The van der Waals surface area contributed by atoms with E-state index in [1.165, 1.54) is 11.3 Å². The van der Waals surface area contributed by atoms with E-state index in [0.717, 1.165) is 59.2 Å². The third-order valence-corrected chi connectivity index (χ3v) is 6.45. The molecule has 0 atom stereocenters. The van der Waals surface area contributed by atoms with Crippen LogP contribution in [-0.4, -0.2) is 24.1 Å². The fourth-order valence-electron chi connectivity index (χ4n) is 4.06. The Bertz CT molecular complexity index is 1390. The standard InChI is InChI=1S/C26H24N2O5S/c1-2-12-31-17-8-6-16(7-9-17)22-15-34-26(27-22)28-24(29)14-32-18-10-11-20-19-4-3-5-21(19)25(30)33-23(20)13-18/h6-11,13,15H,2-5,12,14H2,1H3,(H,27,28,29). The van der Waals surface area contributed by atoms with Crippen molar-refractivity contribution in [1.82, 2.24) is 4.98 Å². The van der Waals surface area contributed by atoms with Crippen molar-refractivity contribution in [1.29, 1.82) is 0 Å². The van der Waals surface area contributed by atoms with Crippen LogP contribution in [0, 0.1) is 0 Å². The Hall–Kier alpha value is -3.65. The minimum Gasteiger partial charge on any atom is -0.494 e. The number of rotatable bonds is 8. The van der Waals surface area contributed by atoms with Gasteiger partial charge in [0.2, 0.25) is 0 Å². The average molecular weight is 477 g/mol. The van der Waals surface area contributed by atoms with E-state index >= 15 is 0 Å². The molecule has 8 heteroatoms. The first-order valence-electron chi connectivity index (χ1n) is 11.3. The number of hydrogen-bond acceptors (Lipinski definition) is 7. The zero-order chi connectivity index (χ0) is 23.5. The summed E-state index contributed by atoms with van der Waals surface area (Å²) in [6.07, 6.45) is 3.57. The fraction of sp³-hybridized carbons (Fsp3) is 0.269. The van der Waals surface area contributed by atoms with Crippen LogP contribution in [0.25, 0.3) is 22.2 Å². The van der Waals surface area contributed by atoms with Gasteiger partial charge in [-0.05, 0) is 67.6 Å². The van der Waals surface area contributed by atoms with E-state index in [9.17, 15) is 9.59 Å². The molecule has 0 saturated carbocycles. The molecule has 7 nitrogen and oxygen atoms in total. The Balaban J connectivity index is 1.20. The summed E-state index contributed by atoms with van der Waals surface area (Å²) in [5.41, 5.74) is 3.78. The first-order valence-corrected chi connectivity index (χ1v) is 12.2. The first-order chi connectivity index (χ1) is 16.6. The molecule has 0 radical (unpaired) electrons. The highest BCUT2D eigenvalue weighted by Crippen LogP contribution is 2.30. The highest BCUT2D eigenvalue weighted by Gasteiger charge is 2.19. The van der Waals surface area contributed by atoms with Gasteiger partial charge in [-0.1, -0.05) is 6.92 Å². The van der Waals surface area contributed by atoms with Crippen LogP contribution in [-0.2, 0) is 17.6 Å². The normalized spacial score (nSPS) is 12.5. The fourth-order valence-corrected chi connectivity index (χ4v) is 4.80. The molecular formula is C26H24N2O5S. The topological polar surface area (TPSA) is 90.7 Å². The number of carbonyl (C=O) groups excluding carboxylic acids is 1. The lowest BCUT2D eigenvalue weighted by Crippen LogP contribution is -2.20. The van der Waals surface area contributed by atoms with Crippen molar-refractivity contribution in [2.24, 2.45) is 0 Å². The number of aromatic nitrogens is 1. The van der Waals surface area contributed by atoms with Gasteiger partial charge >= 0.3 is 5.63 Å². The molecule has 2 aromatic carbocycles. The Morgan fingerprint density at radius 2 is 1.88 bits per heavy atom. The second-order valence-corrected chi connectivity index (χ2v) is 8.96. The lowest BCUT2D eigenvalue weighted by atomic mass is 10.1. The number of ether oxygens (including phenoxy) is 2. The van der Waals surface area contributed by atoms with Crippen LogP contribution >= 0.6 is 11.3 Å². The molecule has 174 valence electrons. The first kappa shape index (κ1) is 22.2. The number of nitrogens with one attached hydrogen (secondary N) is 1. The van der Waals surface area contributed by atoms with Crippen molar-refractivity contribution < 1.29 is 18.7 Å². The molecule has 2 aromatic heterocycles. The molecule has 0 aliphatic heterocycles. The van der Waals surface area contributed by atoms with Crippen molar-refractivity contribution in [3.05, 3.63) is 69.4 Å². The second-order valence-electron chi connectivity index (χ2n) is 8.11. The highest BCUT2D eigenvalue weighted by atomic mass is 32.1. The van der Waals surface area contributed by atoms with E-state index in [0.29, 0.717) is 23.1 Å². The van der Waals surface area contributed by atoms with Gasteiger partial charge in [0.15, 0.2) is 11.7 Å². The van der Waals surface area contributed by atoms with E-state index in [2.05, 4.69) is 17.2 Å². The number of hydrogen-bond donors (Lipinski definition) is 1. The van der Waals surface area contributed by atoms with E-state index in [1.807, 2.05) is 35.7 Å². The molecule has 34 heavy (non-hydrogen) atoms. The zero-order valence-corrected chi connectivity index (χ0v) is 19.6. The summed E-state index contributed by atoms with van der Waals surface area (Å²) in [6, 6.07) is 13.1. The molecule has 2 heterocycles. The molecule has 1 aliphatic rings. The molecule has 0 saturated heterocycles. The molecule has 1 N–H and O–H groups in total. The van der Waals surface area contributed by atoms with Gasteiger partial charge in [0.05, 0.1) is 12.3 Å². The van der Waals surface area contributed by atoms with Gasteiger partial charge in [-0.25, -0.2) is 9.78 Å². The Morgan fingerprint density at radius 1 is 1.09 bits per heavy atom. The Labute approximate surface area is 200 Å². The van der Waals surface area contributed by atoms with Gasteiger partial charge in [-0.3, -0.25) is 10.1 Å². The predicted molar refractivity (Wildman–Crippen MR) is 132 cm³/mol. The third-order valence-electron chi connectivity index (χ3n) is 5.69. The van der Waals surface area contributed by atoms with E-state index in [-0.39, 0.29) is 18.1 Å². The second kappa shape index (κ2) is 9.69. The summed E-state index contributed by atoms with van der Waals surface area (Å²) in [5, 5.41) is 6.09. The molecule has 0 spiro atoms. The van der Waals surface area contributed by atoms with E-state index < -0.39 is 0 Å². The van der Waals surface area contributed by atoms with Crippen LogP contribution < -0.4 is 20.4 Å². The van der Waals surface area contributed by atoms with Crippen LogP contribution in [0.15, 0.2) is 57.1 Å². The Kier molecular flexibility index (Phi) is 6.31. The molecule has 1 aliphatic carbocycles. The van der Waals surface area contributed by atoms with Crippen LogP contribution in [0.2, 0.25) is 0 Å². The maximum absolute atomic E-state index is 12.4. The molecule has 5 rings (SSSR count). The average Bonchev–Trinajstić information content (AvgIpc) is 3.52. The van der Waals surface area contributed by atoms with Gasteiger partial charge < -0.3 is 13.9 Å². The molecule has 0 fully saturated rings. The highest BCUT2D eigenvalue weighted by molar-refractivity contribution is 7.14. The van der Waals surface area contributed by atoms with E-state index in [1.54, 1.807) is 12.1 Å². The summed E-state index contributed by atoms with van der Waals surface area (Å²) in [5.74, 6) is 0.970. The van der Waals surface area contributed by atoms with Crippen molar-refractivity contribution in [3.63, 3.8) is 0 Å². The van der Waals surface area contributed by atoms with Gasteiger partial charge in [-0.15, -0.1) is 11.3 Å². The molecule has 0 bridgehead atoms. The summed E-state index contributed by atoms with van der Waals surface area (Å²) in [6.45, 7) is 2.57. The number of aryl methyl sites for hydroxylation is 1. The predicted octanol–water partition coefficient (Wildman–Crippen LogP) is 5.21. The maximum Gasteiger partial charge on any atom is 0.339 e. The summed E-state index contributed by atoms with van der Waals surface area (Å²) >= 11 is 1.35. The minimum atomic E-state index is -0.320. The van der Waals surface area contributed by atoms with Gasteiger partial charge in [-0.2, -0.15) is 0 Å². The maximum atomic E-state index is 12.4. The third kappa shape index (κ3) is 4.68. The van der Waals surface area contributed by atoms with Crippen molar-refractivity contribution in [2.45, 2.75) is 32.6 Å². The van der Waals surface area contributed by atoms with Crippen LogP contribution in [0.4, 0.5) is 5.13 Å². The van der Waals surface area contributed by atoms with Crippen molar-refractivity contribution in [3.8, 4) is 22.8 Å². The summed E-state index contributed by atoms with van der Waals surface area (Å²) in [7, 11) is 0. The van der Waals surface area contributed by atoms with Crippen LogP contribution in [0.5, 0.6) is 11.5 Å². The van der Waals surface area contributed by atoms with Crippen molar-refractivity contribution >= 4 is 33.3 Å². The van der Waals surface area contributed by atoms with Crippen molar-refractivity contribution in [2.75, 3.05) is 18.5 Å². The quantitative estimate of drug-likeness (QED) is 0.351. The monoisotopic (exact) mass is 476 g/mol. The number of fused-ring (bicyclic) bond motifs is 3. The number of thiazole rings is 1. The molecular weight excluding hydrogens is 452 g/mol.